The minimum atomic E-state index is 0.508. The van der Waals surface area contributed by atoms with E-state index in [1.165, 1.54) is 6.42 Å². The number of pyridine rings is 3. The molecule has 5 aromatic heterocycles. The molecule has 3 aliphatic rings. The number of terminal acetylenes is 1. The first-order valence-electron chi connectivity index (χ1n) is 13.9. The molecule has 41 heavy (non-hydrogen) atoms. The van der Waals surface area contributed by atoms with Gasteiger partial charge in [0.25, 0.3) is 0 Å². The average Bonchev–Trinajstić information content (AvgIpc) is 3.63. The molecule has 0 amide bonds. The molecule has 8 heterocycles. The maximum atomic E-state index is 5.46. The number of aryl methyl sites for hydroxylation is 1. The highest BCUT2D eigenvalue weighted by Gasteiger charge is 2.44. The van der Waals surface area contributed by atoms with Crippen LogP contribution in [-0.2, 0) is 20.0 Å². The van der Waals surface area contributed by atoms with Crippen molar-refractivity contribution in [1.29, 1.82) is 0 Å². The van der Waals surface area contributed by atoms with E-state index >= 15 is 0 Å². The molecule has 3 saturated heterocycles. The minimum absolute atomic E-state index is 0.508. The molecule has 9 heteroatoms. The van der Waals surface area contributed by atoms with Crippen molar-refractivity contribution in [3.05, 3.63) is 84.3 Å². The molecule has 0 spiro atoms. The number of rotatable bonds is 8. The topological polar surface area (TPSA) is 79.7 Å². The van der Waals surface area contributed by atoms with Gasteiger partial charge in [-0.2, -0.15) is 10.2 Å². The summed E-state index contributed by atoms with van der Waals surface area (Å²) in [6, 6.07) is 11.6. The van der Waals surface area contributed by atoms with Crippen LogP contribution in [-0.4, -0.2) is 72.7 Å². The molecular formula is C32H31N9. The molecule has 2 atom stereocenters. The average molecular weight is 542 g/mol. The van der Waals surface area contributed by atoms with E-state index in [9.17, 15) is 0 Å². The van der Waals surface area contributed by atoms with Crippen molar-refractivity contribution < 1.29 is 0 Å². The molecule has 0 saturated carbocycles. The quantitative estimate of drug-likeness (QED) is 0.219. The van der Waals surface area contributed by atoms with E-state index in [-0.39, 0.29) is 0 Å². The fourth-order valence-corrected chi connectivity index (χ4v) is 6.24. The van der Waals surface area contributed by atoms with Crippen molar-refractivity contribution in [3.63, 3.8) is 0 Å². The van der Waals surface area contributed by atoms with Crippen LogP contribution in [0.4, 0.5) is 5.82 Å². The van der Waals surface area contributed by atoms with Crippen LogP contribution in [0.25, 0.3) is 27.8 Å². The number of piperidine rings is 1. The number of anilines is 1. The molecule has 8 rings (SSSR count). The summed E-state index contributed by atoms with van der Waals surface area (Å²) in [7, 11) is 1.92. The van der Waals surface area contributed by atoms with Gasteiger partial charge in [0.2, 0.25) is 0 Å². The fraction of sp³-hybridized carbons (Fsp3) is 0.281. The van der Waals surface area contributed by atoms with Crippen LogP contribution in [0.15, 0.2) is 72.5 Å². The van der Waals surface area contributed by atoms with Gasteiger partial charge in [-0.15, -0.1) is 6.42 Å². The molecule has 3 aliphatic heterocycles. The summed E-state index contributed by atoms with van der Waals surface area (Å²) in [6.07, 6.45) is 19.2. The Hall–Kier alpha value is -4.81. The fourth-order valence-electron chi connectivity index (χ4n) is 6.24. The Morgan fingerprint density at radius 3 is 2.54 bits per heavy atom. The van der Waals surface area contributed by atoms with E-state index in [1.807, 2.05) is 59.4 Å². The van der Waals surface area contributed by atoms with E-state index in [4.69, 9.17) is 11.4 Å². The van der Waals surface area contributed by atoms with Crippen LogP contribution in [0.5, 0.6) is 0 Å². The molecule has 9 nitrogen and oxygen atoms in total. The summed E-state index contributed by atoms with van der Waals surface area (Å²) in [5.41, 5.74) is 8.18. The van der Waals surface area contributed by atoms with Gasteiger partial charge in [0.15, 0.2) is 0 Å². The van der Waals surface area contributed by atoms with Crippen LogP contribution in [0, 0.1) is 12.3 Å². The number of aromatic nitrogens is 6. The van der Waals surface area contributed by atoms with Crippen LogP contribution in [0.1, 0.15) is 23.2 Å². The van der Waals surface area contributed by atoms with Crippen molar-refractivity contribution in [1.82, 2.24) is 34.3 Å². The third-order valence-electron chi connectivity index (χ3n) is 8.35. The molecule has 0 aromatic carbocycles. The van der Waals surface area contributed by atoms with Gasteiger partial charge in [-0.25, -0.2) is 9.50 Å². The summed E-state index contributed by atoms with van der Waals surface area (Å²) in [6.45, 7) is 7.21. The number of hydrogen-bond donors (Lipinski definition) is 0. The predicted octanol–water partition coefficient (Wildman–Crippen LogP) is 3.88. The number of nitrogens with zero attached hydrogens (tertiary/aromatic N) is 9. The van der Waals surface area contributed by atoms with Gasteiger partial charge in [-0.3, -0.25) is 19.6 Å². The second-order valence-corrected chi connectivity index (χ2v) is 10.9. The molecule has 204 valence electrons. The predicted molar refractivity (Wildman–Crippen MR) is 161 cm³/mol. The van der Waals surface area contributed by atoms with E-state index in [0.717, 1.165) is 76.5 Å². The van der Waals surface area contributed by atoms with E-state index in [1.54, 1.807) is 6.20 Å². The highest BCUT2D eigenvalue weighted by molar-refractivity contribution is 5.86. The number of hydrogen-bond acceptors (Lipinski definition) is 7. The Morgan fingerprint density at radius 2 is 1.85 bits per heavy atom. The first kappa shape index (κ1) is 25.2. The van der Waals surface area contributed by atoms with Gasteiger partial charge < -0.3 is 4.90 Å². The molecule has 0 radical (unpaired) electrons. The number of piperazine rings is 1. The van der Waals surface area contributed by atoms with Crippen molar-refractivity contribution in [2.24, 2.45) is 12.0 Å². The van der Waals surface area contributed by atoms with Crippen LogP contribution < -0.4 is 4.90 Å². The van der Waals surface area contributed by atoms with Crippen molar-refractivity contribution in [3.8, 4) is 34.6 Å². The smallest absolute Gasteiger partial charge is 0.128 e. The minimum Gasteiger partial charge on any atom is -0.353 e. The summed E-state index contributed by atoms with van der Waals surface area (Å²) in [4.78, 5) is 18.6. The second kappa shape index (κ2) is 10.3. The maximum absolute atomic E-state index is 5.46. The summed E-state index contributed by atoms with van der Waals surface area (Å²) in [5.74, 6) is 3.66. The molecule has 2 unspecified atom stereocenters. The van der Waals surface area contributed by atoms with Gasteiger partial charge in [0.1, 0.15) is 5.82 Å². The first-order valence-corrected chi connectivity index (χ1v) is 13.9. The Kier molecular flexibility index (Phi) is 6.33. The Balaban J connectivity index is 1.09. The highest BCUT2D eigenvalue weighted by atomic mass is 15.4. The second-order valence-electron chi connectivity index (χ2n) is 10.9. The van der Waals surface area contributed by atoms with E-state index < -0.39 is 0 Å². The van der Waals surface area contributed by atoms with E-state index in [0.29, 0.717) is 18.6 Å². The normalized spacial score (nSPS) is 18.3. The molecule has 0 aliphatic carbocycles. The number of fused-ring (bicyclic) bond motifs is 3. The monoisotopic (exact) mass is 541 g/mol. The molecule has 3 fully saturated rings. The Bertz CT molecular complexity index is 1750. The van der Waals surface area contributed by atoms with Crippen molar-refractivity contribution in [2.45, 2.75) is 31.5 Å². The van der Waals surface area contributed by atoms with Gasteiger partial charge in [-0.05, 0) is 43.5 Å². The molecule has 5 aromatic rings. The number of aliphatic imine (C=N–C) groups is 1. The Morgan fingerprint density at radius 1 is 0.976 bits per heavy atom. The summed E-state index contributed by atoms with van der Waals surface area (Å²) >= 11 is 0. The molecule has 0 N–H and O–H groups in total. The van der Waals surface area contributed by atoms with Crippen LogP contribution >= 0.6 is 0 Å². The maximum Gasteiger partial charge on any atom is 0.128 e. The van der Waals surface area contributed by atoms with Crippen molar-refractivity contribution in [2.75, 3.05) is 24.5 Å². The SMILES string of the molecule is C#Cc1ccc(CCN2C3CC2CN(c2ccc(-c4cc(-c5cnn(C)c5)cn5ncc(CN=C)c45)cn2)C3)nc1. The molecular weight excluding hydrogens is 510 g/mol. The van der Waals surface area contributed by atoms with Gasteiger partial charge in [0, 0.05) is 109 Å². The first-order chi connectivity index (χ1) is 20.1. The van der Waals surface area contributed by atoms with E-state index in [2.05, 4.69) is 60.8 Å². The van der Waals surface area contributed by atoms with Crippen LogP contribution in [0.2, 0.25) is 0 Å². The van der Waals surface area contributed by atoms with Gasteiger partial charge in [-0.1, -0.05) is 5.92 Å². The van der Waals surface area contributed by atoms with Gasteiger partial charge >= 0.3 is 0 Å². The zero-order valence-corrected chi connectivity index (χ0v) is 23.1. The largest absolute Gasteiger partial charge is 0.353 e. The summed E-state index contributed by atoms with van der Waals surface area (Å²) < 4.78 is 3.74. The summed E-state index contributed by atoms with van der Waals surface area (Å²) in [5, 5.41) is 8.98. The Labute approximate surface area is 239 Å². The third-order valence-corrected chi connectivity index (χ3v) is 8.35. The third kappa shape index (κ3) is 4.66. The zero-order chi connectivity index (χ0) is 27.9. The lowest BCUT2D eigenvalue weighted by atomic mass is 9.87. The lowest BCUT2D eigenvalue weighted by molar-refractivity contribution is 0.000137. The highest BCUT2D eigenvalue weighted by Crippen LogP contribution is 2.36. The molecule has 2 bridgehead atoms. The van der Waals surface area contributed by atoms with Crippen molar-refractivity contribution >= 4 is 18.1 Å². The van der Waals surface area contributed by atoms with Crippen LogP contribution in [0.3, 0.4) is 0 Å². The van der Waals surface area contributed by atoms with Gasteiger partial charge in [0.05, 0.1) is 24.5 Å². The lowest BCUT2D eigenvalue weighted by Crippen LogP contribution is -2.69. The lowest BCUT2D eigenvalue weighted by Gasteiger charge is -2.56. The standard InChI is InChI=1S/C32H31N9/c1-4-22-5-7-27(34-13-22)9-10-40-28-12-29(40)21-39(20-28)31-8-6-23(15-35-31)30-11-24(26-17-36-38(3)18-26)19-41-32(30)25(14-33-2)16-37-41/h1,5-8,11,13,15-19,28-29H,2,9-10,12,14,20-21H2,3H3. The zero-order valence-electron chi connectivity index (χ0n) is 23.1.